The van der Waals surface area contributed by atoms with Crippen molar-refractivity contribution in [2.45, 2.75) is 51.4 Å². The molecule has 0 saturated heterocycles. The summed E-state index contributed by atoms with van der Waals surface area (Å²) in [6.45, 7) is 3.87. The highest BCUT2D eigenvalue weighted by Gasteiger charge is 2.20. The molecule has 2 rings (SSSR count). The molecule has 0 radical (unpaired) electrons. The van der Waals surface area contributed by atoms with Gasteiger partial charge in [0.1, 0.15) is 0 Å². The van der Waals surface area contributed by atoms with E-state index in [1.54, 1.807) is 0 Å². The molecule has 0 bridgehead atoms. The number of hydrogen-bond donors (Lipinski definition) is 1. The molecule has 3 heteroatoms. The van der Waals surface area contributed by atoms with Crippen LogP contribution in [0.15, 0.2) is 24.3 Å². The van der Waals surface area contributed by atoms with Gasteiger partial charge in [0.25, 0.3) is 0 Å². The van der Waals surface area contributed by atoms with Crippen LogP contribution >= 0.6 is 0 Å². The second-order valence-corrected chi connectivity index (χ2v) is 5.15. The number of hydrogen-bond acceptors (Lipinski definition) is 3. The van der Waals surface area contributed by atoms with Crippen molar-refractivity contribution in [3.63, 3.8) is 0 Å². The van der Waals surface area contributed by atoms with Crippen molar-refractivity contribution in [1.82, 2.24) is 5.32 Å². The van der Waals surface area contributed by atoms with Gasteiger partial charge in [0.15, 0.2) is 0 Å². The smallest absolute Gasteiger partial charge is 0.0991 e. The number of nitrogens with one attached hydrogen (secondary N) is 1. The maximum Gasteiger partial charge on any atom is 0.0991 e. The highest BCUT2D eigenvalue weighted by atomic mass is 16.5. The monoisotopic (exact) mass is 258 g/mol. The molecule has 0 aliphatic heterocycles. The van der Waals surface area contributed by atoms with Crippen LogP contribution in [0.2, 0.25) is 0 Å². The fourth-order valence-electron chi connectivity index (χ4n) is 2.61. The van der Waals surface area contributed by atoms with E-state index in [1.165, 1.54) is 12.8 Å². The maximum absolute atomic E-state index is 8.74. The van der Waals surface area contributed by atoms with E-state index in [0.29, 0.717) is 24.3 Å². The minimum atomic E-state index is 0.394. The van der Waals surface area contributed by atoms with Crippen LogP contribution < -0.4 is 5.32 Å². The molecule has 0 spiro atoms. The van der Waals surface area contributed by atoms with Gasteiger partial charge in [0, 0.05) is 6.04 Å². The molecule has 102 valence electrons. The van der Waals surface area contributed by atoms with E-state index in [9.17, 15) is 0 Å². The normalized spacial score (nSPS) is 22.9. The number of ether oxygens (including phenoxy) is 1. The van der Waals surface area contributed by atoms with E-state index < -0.39 is 0 Å². The molecule has 1 aromatic rings. The third-order valence-electron chi connectivity index (χ3n) is 3.74. The standard InChI is InChI=1S/C16H22N2O/c1-2-18-15-7-9-16(10-8-15)19-12-14-5-3-13(11-17)4-6-14/h3-6,15-16,18H,2,7-10,12H2,1H3. The van der Waals surface area contributed by atoms with E-state index in [-0.39, 0.29) is 0 Å². The summed E-state index contributed by atoms with van der Waals surface area (Å²) >= 11 is 0. The zero-order chi connectivity index (χ0) is 13.5. The van der Waals surface area contributed by atoms with E-state index in [4.69, 9.17) is 10.00 Å². The van der Waals surface area contributed by atoms with Crippen LogP contribution in [0.25, 0.3) is 0 Å². The Kier molecular flexibility index (Phi) is 5.38. The van der Waals surface area contributed by atoms with Gasteiger partial charge >= 0.3 is 0 Å². The molecule has 1 saturated carbocycles. The summed E-state index contributed by atoms with van der Waals surface area (Å²) < 4.78 is 5.96. The van der Waals surface area contributed by atoms with Crippen LogP contribution in [-0.4, -0.2) is 18.7 Å². The third-order valence-corrected chi connectivity index (χ3v) is 3.74. The molecule has 3 nitrogen and oxygen atoms in total. The Hall–Kier alpha value is -1.37. The molecule has 0 aromatic heterocycles. The molecular formula is C16H22N2O. The first-order chi connectivity index (χ1) is 9.31. The van der Waals surface area contributed by atoms with Gasteiger partial charge in [-0.3, -0.25) is 0 Å². The van der Waals surface area contributed by atoms with E-state index >= 15 is 0 Å². The highest BCUT2D eigenvalue weighted by Crippen LogP contribution is 2.22. The first kappa shape index (κ1) is 14.0. The van der Waals surface area contributed by atoms with Gasteiger partial charge in [-0.15, -0.1) is 0 Å². The molecule has 1 N–H and O–H groups in total. The average molecular weight is 258 g/mol. The minimum Gasteiger partial charge on any atom is -0.374 e. The summed E-state index contributed by atoms with van der Waals surface area (Å²) in [7, 11) is 0. The second kappa shape index (κ2) is 7.28. The lowest BCUT2D eigenvalue weighted by atomic mass is 9.93. The van der Waals surface area contributed by atoms with E-state index in [1.807, 2.05) is 24.3 Å². The van der Waals surface area contributed by atoms with Crippen molar-refractivity contribution in [3.05, 3.63) is 35.4 Å². The molecule has 1 fully saturated rings. The Morgan fingerprint density at radius 2 is 1.89 bits per heavy atom. The van der Waals surface area contributed by atoms with Crippen LogP contribution in [-0.2, 0) is 11.3 Å². The van der Waals surface area contributed by atoms with Crippen molar-refractivity contribution < 1.29 is 4.74 Å². The van der Waals surface area contributed by atoms with Crippen molar-refractivity contribution in [2.24, 2.45) is 0 Å². The Balaban J connectivity index is 1.73. The maximum atomic E-state index is 8.74. The SMILES string of the molecule is CCNC1CCC(OCc2ccc(C#N)cc2)CC1. The zero-order valence-corrected chi connectivity index (χ0v) is 11.6. The number of benzene rings is 1. The summed E-state index contributed by atoms with van der Waals surface area (Å²) in [4.78, 5) is 0. The summed E-state index contributed by atoms with van der Waals surface area (Å²) in [5, 5.41) is 12.2. The predicted octanol–water partition coefficient (Wildman–Crippen LogP) is 3.00. The fourth-order valence-corrected chi connectivity index (χ4v) is 2.61. The Morgan fingerprint density at radius 3 is 2.47 bits per heavy atom. The quantitative estimate of drug-likeness (QED) is 0.883. The highest BCUT2D eigenvalue weighted by molar-refractivity contribution is 5.31. The van der Waals surface area contributed by atoms with Crippen LogP contribution in [0.5, 0.6) is 0 Å². The second-order valence-electron chi connectivity index (χ2n) is 5.15. The fraction of sp³-hybridized carbons (Fsp3) is 0.562. The van der Waals surface area contributed by atoms with Crippen molar-refractivity contribution in [3.8, 4) is 6.07 Å². The molecule has 0 amide bonds. The molecule has 1 aromatic carbocycles. The van der Waals surface area contributed by atoms with Crippen LogP contribution in [0.3, 0.4) is 0 Å². The van der Waals surface area contributed by atoms with E-state index in [2.05, 4.69) is 18.3 Å². The zero-order valence-electron chi connectivity index (χ0n) is 11.6. The molecule has 0 unspecified atom stereocenters. The number of nitrogens with zero attached hydrogens (tertiary/aromatic N) is 1. The summed E-state index contributed by atoms with van der Waals surface area (Å²) in [5.41, 5.74) is 1.85. The largest absolute Gasteiger partial charge is 0.374 e. The number of nitriles is 1. The van der Waals surface area contributed by atoms with Gasteiger partial charge in [0.2, 0.25) is 0 Å². The lowest BCUT2D eigenvalue weighted by Gasteiger charge is -2.29. The molecule has 0 heterocycles. The van der Waals surface area contributed by atoms with E-state index in [0.717, 1.165) is 24.9 Å². The predicted molar refractivity (Wildman–Crippen MR) is 75.7 cm³/mol. The third kappa shape index (κ3) is 4.34. The molecule has 1 aliphatic rings. The van der Waals surface area contributed by atoms with Gasteiger partial charge in [-0.1, -0.05) is 19.1 Å². The van der Waals surface area contributed by atoms with Crippen molar-refractivity contribution in [2.75, 3.05) is 6.54 Å². The van der Waals surface area contributed by atoms with Crippen molar-refractivity contribution >= 4 is 0 Å². The van der Waals surface area contributed by atoms with Gasteiger partial charge in [-0.2, -0.15) is 5.26 Å². The summed E-state index contributed by atoms with van der Waals surface area (Å²) in [5.74, 6) is 0. The van der Waals surface area contributed by atoms with Gasteiger partial charge in [-0.05, 0) is 49.9 Å². The Morgan fingerprint density at radius 1 is 1.21 bits per heavy atom. The van der Waals surface area contributed by atoms with Crippen molar-refractivity contribution in [1.29, 1.82) is 5.26 Å². The van der Waals surface area contributed by atoms with Gasteiger partial charge in [-0.25, -0.2) is 0 Å². The van der Waals surface area contributed by atoms with Crippen LogP contribution in [0.1, 0.15) is 43.7 Å². The first-order valence-electron chi connectivity index (χ1n) is 7.16. The summed E-state index contributed by atoms with van der Waals surface area (Å²) in [6.07, 6.45) is 5.12. The Bertz CT molecular complexity index is 413. The minimum absolute atomic E-state index is 0.394. The summed E-state index contributed by atoms with van der Waals surface area (Å²) in [6, 6.07) is 10.5. The lowest BCUT2D eigenvalue weighted by molar-refractivity contribution is 0.0114. The average Bonchev–Trinajstić information content (AvgIpc) is 2.47. The van der Waals surface area contributed by atoms with Gasteiger partial charge < -0.3 is 10.1 Å². The topological polar surface area (TPSA) is 45.0 Å². The molecule has 0 atom stereocenters. The Labute approximate surface area is 115 Å². The number of rotatable bonds is 5. The molecule has 19 heavy (non-hydrogen) atoms. The van der Waals surface area contributed by atoms with Crippen LogP contribution in [0.4, 0.5) is 0 Å². The lowest BCUT2D eigenvalue weighted by Crippen LogP contribution is -2.35. The first-order valence-corrected chi connectivity index (χ1v) is 7.16. The van der Waals surface area contributed by atoms with Gasteiger partial charge in [0.05, 0.1) is 24.3 Å². The molecule has 1 aliphatic carbocycles. The van der Waals surface area contributed by atoms with Crippen LogP contribution in [0, 0.1) is 11.3 Å². The molecular weight excluding hydrogens is 236 g/mol.